The Morgan fingerprint density at radius 2 is 1.76 bits per heavy atom. The van der Waals surface area contributed by atoms with Gasteiger partial charge in [0, 0.05) is 29.7 Å². The monoisotopic (exact) mass is 333 g/mol. The molecule has 0 atom stereocenters. The fourth-order valence-electron chi connectivity index (χ4n) is 3.09. The first-order valence-electron chi connectivity index (χ1n) is 7.77. The van der Waals surface area contributed by atoms with E-state index >= 15 is 0 Å². The van der Waals surface area contributed by atoms with Crippen molar-refractivity contribution in [1.29, 1.82) is 0 Å². The van der Waals surface area contributed by atoms with Gasteiger partial charge in [0.2, 0.25) is 0 Å². The molecule has 3 N–H and O–H groups in total. The van der Waals surface area contributed by atoms with E-state index in [4.69, 9.17) is 5.11 Å². The Hall–Kier alpha value is -3.54. The van der Waals surface area contributed by atoms with Gasteiger partial charge in [0.05, 0.1) is 16.8 Å². The van der Waals surface area contributed by atoms with Gasteiger partial charge in [-0.05, 0) is 36.4 Å². The highest BCUT2D eigenvalue weighted by molar-refractivity contribution is 6.10. The van der Waals surface area contributed by atoms with Crippen molar-refractivity contribution < 1.29 is 9.90 Å². The number of H-pyrrole nitrogens is 1. The van der Waals surface area contributed by atoms with Crippen LogP contribution >= 0.6 is 0 Å². The number of nitrogens with zero attached hydrogens (tertiary/aromatic N) is 1. The van der Waals surface area contributed by atoms with Crippen LogP contribution in [-0.2, 0) is 0 Å². The molecule has 0 aliphatic heterocycles. The van der Waals surface area contributed by atoms with Crippen LogP contribution in [0.4, 0.5) is 5.69 Å². The standard InChI is InChI=1S/C19H15N3O3/c1-20-15-4-2-3-13-14-9-10-22(18(23)17(14)21-16(13)15)12-7-5-11(6-8-12)19(24)25/h2-10,20-21H,1H3,(H,24,25). The smallest absolute Gasteiger partial charge is 0.335 e. The molecule has 0 aliphatic rings. The number of aromatic amines is 1. The van der Waals surface area contributed by atoms with E-state index in [0.717, 1.165) is 22.0 Å². The van der Waals surface area contributed by atoms with Crippen molar-refractivity contribution in [2.75, 3.05) is 12.4 Å². The molecule has 0 aliphatic carbocycles. The van der Waals surface area contributed by atoms with E-state index in [0.29, 0.717) is 11.2 Å². The summed E-state index contributed by atoms with van der Waals surface area (Å²) in [6.07, 6.45) is 1.71. The third kappa shape index (κ3) is 2.27. The number of hydrogen-bond donors (Lipinski definition) is 3. The lowest BCUT2D eigenvalue weighted by Crippen LogP contribution is -2.17. The number of carboxylic acid groups (broad SMARTS) is 1. The van der Waals surface area contributed by atoms with Crippen molar-refractivity contribution in [2.45, 2.75) is 0 Å². The average molecular weight is 333 g/mol. The van der Waals surface area contributed by atoms with Crippen LogP contribution in [0.1, 0.15) is 10.4 Å². The highest BCUT2D eigenvalue weighted by atomic mass is 16.4. The van der Waals surface area contributed by atoms with Gasteiger partial charge in [-0.3, -0.25) is 9.36 Å². The summed E-state index contributed by atoms with van der Waals surface area (Å²) in [4.78, 5) is 27.1. The number of nitrogens with one attached hydrogen (secondary N) is 2. The Bertz CT molecular complexity index is 1170. The third-order valence-electron chi connectivity index (χ3n) is 4.36. The molecule has 124 valence electrons. The van der Waals surface area contributed by atoms with Gasteiger partial charge in [0.25, 0.3) is 5.56 Å². The molecule has 4 rings (SSSR count). The van der Waals surface area contributed by atoms with Gasteiger partial charge in [-0.1, -0.05) is 12.1 Å². The van der Waals surface area contributed by atoms with Crippen molar-refractivity contribution in [3.63, 3.8) is 0 Å². The number of carboxylic acids is 1. The number of aromatic nitrogens is 2. The number of fused-ring (bicyclic) bond motifs is 3. The Labute approximate surface area is 142 Å². The van der Waals surface area contributed by atoms with E-state index in [9.17, 15) is 9.59 Å². The van der Waals surface area contributed by atoms with Crippen molar-refractivity contribution in [3.8, 4) is 5.69 Å². The Morgan fingerprint density at radius 3 is 2.44 bits per heavy atom. The van der Waals surface area contributed by atoms with E-state index in [-0.39, 0.29) is 11.1 Å². The van der Waals surface area contributed by atoms with Crippen molar-refractivity contribution in [3.05, 3.63) is 70.6 Å². The van der Waals surface area contributed by atoms with Crippen molar-refractivity contribution in [1.82, 2.24) is 9.55 Å². The number of anilines is 1. The summed E-state index contributed by atoms with van der Waals surface area (Å²) >= 11 is 0. The molecule has 0 amide bonds. The molecule has 0 saturated carbocycles. The van der Waals surface area contributed by atoms with Crippen LogP contribution in [0.15, 0.2) is 59.5 Å². The maximum absolute atomic E-state index is 12.9. The number of rotatable bonds is 3. The van der Waals surface area contributed by atoms with Crippen LogP contribution in [0.5, 0.6) is 0 Å². The van der Waals surface area contributed by atoms with Gasteiger partial charge in [-0.15, -0.1) is 0 Å². The van der Waals surface area contributed by atoms with Crippen LogP contribution in [0.2, 0.25) is 0 Å². The fourth-order valence-corrected chi connectivity index (χ4v) is 3.09. The largest absolute Gasteiger partial charge is 0.478 e. The second kappa shape index (κ2) is 5.52. The zero-order chi connectivity index (χ0) is 17.6. The number of benzene rings is 2. The Kier molecular flexibility index (Phi) is 3.32. The second-order valence-corrected chi connectivity index (χ2v) is 5.73. The minimum atomic E-state index is -0.996. The predicted octanol–water partition coefficient (Wildman–Crippen LogP) is 3.21. The van der Waals surface area contributed by atoms with Crippen LogP contribution in [-0.4, -0.2) is 27.7 Å². The lowest BCUT2D eigenvalue weighted by atomic mass is 10.1. The molecule has 2 aromatic carbocycles. The highest BCUT2D eigenvalue weighted by Crippen LogP contribution is 2.28. The summed E-state index contributed by atoms with van der Waals surface area (Å²) in [5.74, 6) is -0.996. The molecule has 6 heteroatoms. The summed E-state index contributed by atoms with van der Waals surface area (Å²) in [7, 11) is 1.84. The molecule has 0 fully saturated rings. The van der Waals surface area contributed by atoms with Gasteiger partial charge in [-0.2, -0.15) is 0 Å². The summed E-state index contributed by atoms with van der Waals surface area (Å²) in [5.41, 5.74) is 2.94. The second-order valence-electron chi connectivity index (χ2n) is 5.73. The number of pyridine rings is 1. The van der Waals surface area contributed by atoms with E-state index in [1.54, 1.807) is 18.3 Å². The molecular weight excluding hydrogens is 318 g/mol. The number of para-hydroxylation sites is 1. The average Bonchev–Trinajstić information content (AvgIpc) is 3.02. The zero-order valence-corrected chi connectivity index (χ0v) is 13.4. The number of carbonyl (C=O) groups is 1. The van der Waals surface area contributed by atoms with E-state index in [1.165, 1.54) is 16.7 Å². The summed E-state index contributed by atoms with van der Waals surface area (Å²) in [6.45, 7) is 0. The van der Waals surface area contributed by atoms with Gasteiger partial charge < -0.3 is 15.4 Å². The van der Waals surface area contributed by atoms with Crippen LogP contribution in [0.25, 0.3) is 27.5 Å². The Morgan fingerprint density at radius 1 is 1.04 bits per heavy atom. The minimum Gasteiger partial charge on any atom is -0.478 e. The van der Waals surface area contributed by atoms with Gasteiger partial charge in [0.1, 0.15) is 5.52 Å². The van der Waals surface area contributed by atoms with E-state index < -0.39 is 5.97 Å². The maximum Gasteiger partial charge on any atom is 0.335 e. The number of hydrogen-bond acceptors (Lipinski definition) is 3. The minimum absolute atomic E-state index is 0.182. The molecule has 25 heavy (non-hydrogen) atoms. The fraction of sp³-hybridized carbons (Fsp3) is 0.0526. The molecule has 2 heterocycles. The SMILES string of the molecule is CNc1cccc2c1[nH]c1c(=O)n(-c3ccc(C(=O)O)cc3)ccc12. The third-order valence-corrected chi connectivity index (χ3v) is 4.36. The molecule has 0 unspecified atom stereocenters. The van der Waals surface area contributed by atoms with Gasteiger partial charge >= 0.3 is 5.97 Å². The number of aromatic carboxylic acids is 1. The summed E-state index contributed by atoms with van der Waals surface area (Å²) in [6, 6.07) is 14.0. The molecule has 0 radical (unpaired) electrons. The van der Waals surface area contributed by atoms with Gasteiger partial charge in [0.15, 0.2) is 0 Å². The molecule has 0 bridgehead atoms. The van der Waals surface area contributed by atoms with Crippen LogP contribution in [0, 0.1) is 0 Å². The summed E-state index contributed by atoms with van der Waals surface area (Å²) < 4.78 is 1.50. The first-order valence-corrected chi connectivity index (χ1v) is 7.77. The topological polar surface area (TPSA) is 87.1 Å². The van der Waals surface area contributed by atoms with Crippen LogP contribution < -0.4 is 10.9 Å². The molecule has 4 aromatic rings. The first-order chi connectivity index (χ1) is 12.1. The normalized spacial score (nSPS) is 11.1. The molecule has 0 saturated heterocycles. The maximum atomic E-state index is 12.9. The molecule has 2 aromatic heterocycles. The first kappa shape index (κ1) is 15.0. The van der Waals surface area contributed by atoms with Crippen molar-refractivity contribution in [2.24, 2.45) is 0 Å². The predicted molar refractivity (Wildman–Crippen MR) is 97.9 cm³/mol. The van der Waals surface area contributed by atoms with E-state index in [1.807, 2.05) is 31.3 Å². The summed E-state index contributed by atoms with van der Waals surface area (Å²) in [5, 5.41) is 13.9. The highest BCUT2D eigenvalue weighted by Gasteiger charge is 2.12. The van der Waals surface area contributed by atoms with E-state index in [2.05, 4.69) is 10.3 Å². The molecule has 6 nitrogen and oxygen atoms in total. The molecule has 0 spiro atoms. The zero-order valence-electron chi connectivity index (χ0n) is 13.4. The van der Waals surface area contributed by atoms with Gasteiger partial charge in [-0.25, -0.2) is 4.79 Å². The van der Waals surface area contributed by atoms with Crippen molar-refractivity contribution >= 4 is 33.5 Å². The lowest BCUT2D eigenvalue weighted by Gasteiger charge is -2.06. The lowest BCUT2D eigenvalue weighted by molar-refractivity contribution is 0.0697. The molecular formula is C19H15N3O3. The van der Waals surface area contributed by atoms with Crippen LogP contribution in [0.3, 0.4) is 0 Å². The quantitative estimate of drug-likeness (QED) is 0.537. The Balaban J connectivity index is 1.95.